The number of hydrogen-bond acceptors (Lipinski definition) is 1. The van der Waals surface area contributed by atoms with Crippen molar-refractivity contribution in [3.8, 4) is 0 Å². The molecule has 3 rings (SSSR count). The summed E-state index contributed by atoms with van der Waals surface area (Å²) in [6.45, 7) is 0.948. The number of nitrogens with zero attached hydrogens (tertiary/aromatic N) is 1. The normalized spacial score (nSPS) is 11.1. The summed E-state index contributed by atoms with van der Waals surface area (Å²) >= 11 is 3.45. The van der Waals surface area contributed by atoms with Gasteiger partial charge in [-0.1, -0.05) is 34.1 Å². The van der Waals surface area contributed by atoms with E-state index in [1.54, 1.807) is 0 Å². The van der Waals surface area contributed by atoms with Gasteiger partial charge < -0.3 is 9.67 Å². The van der Waals surface area contributed by atoms with Crippen LogP contribution < -0.4 is 0 Å². The molecule has 0 aliphatic carbocycles. The zero-order chi connectivity index (χ0) is 13.2. The van der Waals surface area contributed by atoms with Gasteiger partial charge in [-0.3, -0.25) is 0 Å². The summed E-state index contributed by atoms with van der Waals surface area (Å²) in [5.41, 5.74) is 3.42. The molecule has 0 spiro atoms. The van der Waals surface area contributed by atoms with E-state index in [9.17, 15) is 0 Å². The molecule has 0 amide bonds. The fourth-order valence-electron chi connectivity index (χ4n) is 2.27. The van der Waals surface area contributed by atoms with Crippen LogP contribution >= 0.6 is 15.9 Å². The van der Waals surface area contributed by atoms with Crippen molar-refractivity contribution in [3.05, 3.63) is 70.3 Å². The van der Waals surface area contributed by atoms with E-state index >= 15 is 0 Å². The van der Waals surface area contributed by atoms with E-state index in [1.807, 2.05) is 12.1 Å². The molecule has 0 aliphatic rings. The van der Waals surface area contributed by atoms with Crippen molar-refractivity contribution < 1.29 is 5.11 Å². The molecule has 0 saturated carbocycles. The van der Waals surface area contributed by atoms with Crippen LogP contribution in [-0.2, 0) is 13.2 Å². The second-order valence-electron chi connectivity index (χ2n) is 4.62. The van der Waals surface area contributed by atoms with Crippen LogP contribution in [0.3, 0.4) is 0 Å². The molecule has 0 saturated heterocycles. The van der Waals surface area contributed by atoms with E-state index in [0.717, 1.165) is 16.6 Å². The Labute approximate surface area is 120 Å². The number of aromatic nitrogens is 1. The van der Waals surface area contributed by atoms with Crippen molar-refractivity contribution in [2.75, 3.05) is 0 Å². The number of benzene rings is 2. The molecule has 0 aliphatic heterocycles. The highest BCUT2D eigenvalue weighted by Crippen LogP contribution is 2.20. The van der Waals surface area contributed by atoms with Crippen LogP contribution in [0.4, 0.5) is 0 Å². The lowest BCUT2D eigenvalue weighted by molar-refractivity contribution is 0.282. The van der Waals surface area contributed by atoms with Crippen LogP contribution in [0.25, 0.3) is 10.9 Å². The predicted molar refractivity (Wildman–Crippen MR) is 81.1 cm³/mol. The van der Waals surface area contributed by atoms with Crippen molar-refractivity contribution in [2.24, 2.45) is 0 Å². The van der Waals surface area contributed by atoms with Gasteiger partial charge >= 0.3 is 0 Å². The Morgan fingerprint density at radius 1 is 0.947 bits per heavy atom. The third-order valence-electron chi connectivity index (χ3n) is 3.28. The summed E-state index contributed by atoms with van der Waals surface area (Å²) in [7, 11) is 0. The molecule has 96 valence electrons. The monoisotopic (exact) mass is 315 g/mol. The Kier molecular flexibility index (Phi) is 3.40. The van der Waals surface area contributed by atoms with Crippen LogP contribution in [0.15, 0.2) is 59.2 Å². The quantitative estimate of drug-likeness (QED) is 0.778. The Morgan fingerprint density at radius 3 is 2.42 bits per heavy atom. The summed E-state index contributed by atoms with van der Waals surface area (Å²) in [5.74, 6) is 0. The van der Waals surface area contributed by atoms with Crippen molar-refractivity contribution in [2.45, 2.75) is 13.2 Å². The maximum Gasteiger partial charge on any atom is 0.0682 e. The van der Waals surface area contributed by atoms with Gasteiger partial charge in [-0.2, -0.15) is 0 Å². The number of aliphatic hydroxyl groups excluding tert-OH is 1. The zero-order valence-corrected chi connectivity index (χ0v) is 12.0. The lowest BCUT2D eigenvalue weighted by atomic mass is 10.1. The average molecular weight is 316 g/mol. The molecule has 0 unspecified atom stereocenters. The molecule has 0 bridgehead atoms. The first-order valence-electron chi connectivity index (χ1n) is 6.19. The second-order valence-corrected chi connectivity index (χ2v) is 5.54. The SMILES string of the molecule is OCc1ccc2c(ccn2Cc2ccc(Br)cc2)c1. The summed E-state index contributed by atoms with van der Waals surface area (Å²) in [5, 5.41) is 10.3. The Morgan fingerprint density at radius 2 is 1.68 bits per heavy atom. The van der Waals surface area contributed by atoms with E-state index in [4.69, 9.17) is 5.11 Å². The second kappa shape index (κ2) is 5.19. The third kappa shape index (κ3) is 2.57. The van der Waals surface area contributed by atoms with Gasteiger partial charge in [0.2, 0.25) is 0 Å². The van der Waals surface area contributed by atoms with Crippen LogP contribution in [0.1, 0.15) is 11.1 Å². The molecular formula is C16H14BrNO. The maximum atomic E-state index is 9.15. The molecule has 19 heavy (non-hydrogen) atoms. The number of aliphatic hydroxyl groups is 1. The third-order valence-corrected chi connectivity index (χ3v) is 3.81. The molecule has 1 N–H and O–H groups in total. The van der Waals surface area contributed by atoms with E-state index < -0.39 is 0 Å². The first kappa shape index (κ1) is 12.5. The van der Waals surface area contributed by atoms with Gasteiger partial charge in [-0.15, -0.1) is 0 Å². The fraction of sp³-hybridized carbons (Fsp3) is 0.125. The van der Waals surface area contributed by atoms with Crippen LogP contribution in [0.2, 0.25) is 0 Å². The van der Waals surface area contributed by atoms with Crippen molar-refractivity contribution >= 4 is 26.8 Å². The van der Waals surface area contributed by atoms with Gasteiger partial charge in [0.05, 0.1) is 6.61 Å². The van der Waals surface area contributed by atoms with Crippen molar-refractivity contribution in [3.63, 3.8) is 0 Å². The number of hydrogen-bond donors (Lipinski definition) is 1. The van der Waals surface area contributed by atoms with Crippen LogP contribution in [-0.4, -0.2) is 9.67 Å². The van der Waals surface area contributed by atoms with Gasteiger partial charge in [-0.25, -0.2) is 0 Å². The minimum absolute atomic E-state index is 0.0911. The molecule has 1 heterocycles. The van der Waals surface area contributed by atoms with Gasteiger partial charge in [0.15, 0.2) is 0 Å². The Bertz CT molecular complexity index is 700. The average Bonchev–Trinajstić information content (AvgIpc) is 2.83. The molecule has 1 aromatic heterocycles. The van der Waals surface area contributed by atoms with Crippen LogP contribution in [0, 0.1) is 0 Å². The Hall–Kier alpha value is -1.58. The highest BCUT2D eigenvalue weighted by molar-refractivity contribution is 9.10. The van der Waals surface area contributed by atoms with Crippen molar-refractivity contribution in [1.82, 2.24) is 4.57 Å². The molecular weight excluding hydrogens is 302 g/mol. The summed E-state index contributed by atoms with van der Waals surface area (Å²) in [6.07, 6.45) is 2.09. The van der Waals surface area contributed by atoms with E-state index in [-0.39, 0.29) is 6.61 Å². The van der Waals surface area contributed by atoms with Crippen LogP contribution in [0.5, 0.6) is 0 Å². The zero-order valence-electron chi connectivity index (χ0n) is 10.4. The minimum atomic E-state index is 0.0911. The first-order chi connectivity index (χ1) is 9.26. The molecule has 2 aromatic carbocycles. The highest BCUT2D eigenvalue weighted by atomic mass is 79.9. The minimum Gasteiger partial charge on any atom is -0.392 e. The smallest absolute Gasteiger partial charge is 0.0682 e. The Balaban J connectivity index is 1.95. The van der Waals surface area contributed by atoms with Gasteiger partial charge in [0, 0.05) is 22.7 Å². The summed E-state index contributed by atoms with van der Waals surface area (Å²) < 4.78 is 3.32. The van der Waals surface area contributed by atoms with Crippen molar-refractivity contribution in [1.29, 1.82) is 0 Å². The molecule has 2 nitrogen and oxygen atoms in total. The van der Waals surface area contributed by atoms with E-state index in [1.165, 1.54) is 16.5 Å². The molecule has 0 radical (unpaired) electrons. The molecule has 3 aromatic rings. The summed E-state index contributed by atoms with van der Waals surface area (Å²) in [6, 6.07) is 16.5. The lowest BCUT2D eigenvalue weighted by Gasteiger charge is -2.06. The van der Waals surface area contributed by atoms with E-state index in [0.29, 0.717) is 0 Å². The highest BCUT2D eigenvalue weighted by Gasteiger charge is 2.03. The standard InChI is InChI=1S/C16H14BrNO/c17-15-4-1-12(2-5-15)10-18-8-7-14-9-13(11-19)3-6-16(14)18/h1-9,19H,10-11H2. The summed E-state index contributed by atoms with van der Waals surface area (Å²) in [4.78, 5) is 0. The fourth-order valence-corrected chi connectivity index (χ4v) is 2.54. The van der Waals surface area contributed by atoms with E-state index in [2.05, 4.69) is 63.1 Å². The number of fused-ring (bicyclic) bond motifs is 1. The number of rotatable bonds is 3. The topological polar surface area (TPSA) is 25.2 Å². The number of halogens is 1. The molecule has 3 heteroatoms. The lowest BCUT2D eigenvalue weighted by Crippen LogP contribution is -1.97. The molecule has 0 atom stereocenters. The van der Waals surface area contributed by atoms with Gasteiger partial charge in [0.25, 0.3) is 0 Å². The largest absolute Gasteiger partial charge is 0.392 e. The van der Waals surface area contributed by atoms with Gasteiger partial charge in [0.1, 0.15) is 0 Å². The van der Waals surface area contributed by atoms with Gasteiger partial charge in [-0.05, 0) is 46.8 Å². The molecule has 0 fully saturated rings. The first-order valence-corrected chi connectivity index (χ1v) is 6.98. The predicted octanol–water partition coefficient (Wildman–Crippen LogP) is 3.94. The maximum absolute atomic E-state index is 9.15.